The summed E-state index contributed by atoms with van der Waals surface area (Å²) in [6, 6.07) is 0.638. The first-order chi connectivity index (χ1) is 9.24. The van der Waals surface area contributed by atoms with Gasteiger partial charge >= 0.3 is 0 Å². The molecule has 0 aromatic rings. The second kappa shape index (κ2) is 8.23. The Morgan fingerprint density at radius 3 is 2.26 bits per heavy atom. The van der Waals surface area contributed by atoms with Crippen LogP contribution in [0.5, 0.6) is 0 Å². The number of nitrogens with zero attached hydrogens (tertiary/aromatic N) is 2. The molecule has 0 atom stereocenters. The third kappa shape index (κ3) is 6.73. The van der Waals surface area contributed by atoms with Crippen LogP contribution in [-0.2, 0) is 0 Å². The van der Waals surface area contributed by atoms with Gasteiger partial charge < -0.3 is 15.1 Å². The normalized spacial score (nSPS) is 22.3. The zero-order chi connectivity index (χ0) is 13.5. The molecular formula is C16H33N3. The predicted molar refractivity (Wildman–Crippen MR) is 82.6 cm³/mol. The SMILES string of the molecule is CC(C)NCCCCCN1CCN(CC2CC2)CC1. The van der Waals surface area contributed by atoms with Gasteiger partial charge in [0.05, 0.1) is 0 Å². The van der Waals surface area contributed by atoms with Crippen molar-refractivity contribution < 1.29 is 0 Å². The molecule has 0 unspecified atom stereocenters. The molecule has 0 radical (unpaired) electrons. The molecule has 1 heterocycles. The van der Waals surface area contributed by atoms with Crippen LogP contribution in [0.15, 0.2) is 0 Å². The van der Waals surface area contributed by atoms with E-state index in [9.17, 15) is 0 Å². The molecule has 1 N–H and O–H groups in total. The maximum absolute atomic E-state index is 3.49. The van der Waals surface area contributed by atoms with Gasteiger partial charge in [0.2, 0.25) is 0 Å². The van der Waals surface area contributed by atoms with Gasteiger partial charge in [-0.15, -0.1) is 0 Å². The summed E-state index contributed by atoms with van der Waals surface area (Å²) in [5.74, 6) is 1.06. The Morgan fingerprint density at radius 2 is 1.63 bits per heavy atom. The zero-order valence-electron chi connectivity index (χ0n) is 13.0. The lowest BCUT2D eigenvalue weighted by Crippen LogP contribution is -2.47. The Morgan fingerprint density at radius 1 is 0.947 bits per heavy atom. The first-order valence-electron chi connectivity index (χ1n) is 8.42. The van der Waals surface area contributed by atoms with Gasteiger partial charge in [0.1, 0.15) is 0 Å². The number of rotatable bonds is 9. The standard InChI is InChI=1S/C16H33N3/c1-15(2)17-8-4-3-5-9-18-10-12-19(13-11-18)14-16-6-7-16/h15-17H,3-14H2,1-2H3. The third-order valence-corrected chi connectivity index (χ3v) is 4.38. The Hall–Kier alpha value is -0.120. The number of piperazine rings is 1. The molecule has 1 saturated heterocycles. The second-order valence-corrected chi connectivity index (χ2v) is 6.76. The fourth-order valence-electron chi connectivity index (χ4n) is 2.89. The van der Waals surface area contributed by atoms with Crippen LogP contribution < -0.4 is 5.32 Å². The molecule has 3 heteroatoms. The lowest BCUT2D eigenvalue weighted by Gasteiger charge is -2.34. The van der Waals surface area contributed by atoms with E-state index in [1.165, 1.54) is 77.9 Å². The van der Waals surface area contributed by atoms with E-state index in [1.807, 2.05) is 0 Å². The van der Waals surface area contributed by atoms with Crippen molar-refractivity contribution in [2.45, 2.75) is 52.0 Å². The van der Waals surface area contributed by atoms with Crippen LogP contribution in [0.1, 0.15) is 46.0 Å². The highest BCUT2D eigenvalue weighted by molar-refractivity contribution is 4.80. The van der Waals surface area contributed by atoms with E-state index in [4.69, 9.17) is 0 Å². The average Bonchev–Trinajstić information content (AvgIpc) is 3.19. The van der Waals surface area contributed by atoms with Gasteiger partial charge in [0.15, 0.2) is 0 Å². The summed E-state index contributed by atoms with van der Waals surface area (Å²) in [7, 11) is 0. The number of hydrogen-bond donors (Lipinski definition) is 1. The Bertz CT molecular complexity index is 230. The van der Waals surface area contributed by atoms with Gasteiger partial charge in [-0.25, -0.2) is 0 Å². The molecule has 2 rings (SSSR count). The van der Waals surface area contributed by atoms with E-state index in [-0.39, 0.29) is 0 Å². The molecule has 2 fully saturated rings. The van der Waals surface area contributed by atoms with Crippen LogP contribution in [0.3, 0.4) is 0 Å². The highest BCUT2D eigenvalue weighted by Gasteiger charge is 2.26. The minimum absolute atomic E-state index is 0.638. The second-order valence-electron chi connectivity index (χ2n) is 6.76. The van der Waals surface area contributed by atoms with E-state index < -0.39 is 0 Å². The van der Waals surface area contributed by atoms with Crippen molar-refractivity contribution in [2.75, 3.05) is 45.8 Å². The van der Waals surface area contributed by atoms with Gasteiger partial charge in [-0.3, -0.25) is 0 Å². The van der Waals surface area contributed by atoms with Crippen LogP contribution in [0.4, 0.5) is 0 Å². The highest BCUT2D eigenvalue weighted by Crippen LogP contribution is 2.29. The van der Waals surface area contributed by atoms with E-state index in [2.05, 4.69) is 29.0 Å². The molecule has 19 heavy (non-hydrogen) atoms. The topological polar surface area (TPSA) is 18.5 Å². The number of hydrogen-bond acceptors (Lipinski definition) is 3. The van der Waals surface area contributed by atoms with Gasteiger partial charge in [-0.2, -0.15) is 0 Å². The molecule has 0 bridgehead atoms. The average molecular weight is 267 g/mol. The summed E-state index contributed by atoms with van der Waals surface area (Å²) in [6.45, 7) is 13.6. The zero-order valence-corrected chi connectivity index (χ0v) is 13.0. The smallest absolute Gasteiger partial charge is 0.0110 e. The monoisotopic (exact) mass is 267 g/mol. The van der Waals surface area contributed by atoms with Gasteiger partial charge in [0, 0.05) is 38.8 Å². The van der Waals surface area contributed by atoms with Crippen molar-refractivity contribution in [1.82, 2.24) is 15.1 Å². The van der Waals surface area contributed by atoms with Gasteiger partial charge in [0.25, 0.3) is 0 Å². The first kappa shape index (κ1) is 15.3. The molecule has 0 aromatic carbocycles. The van der Waals surface area contributed by atoms with Crippen molar-refractivity contribution in [3.8, 4) is 0 Å². The van der Waals surface area contributed by atoms with Crippen molar-refractivity contribution >= 4 is 0 Å². The van der Waals surface area contributed by atoms with Crippen LogP contribution >= 0.6 is 0 Å². The summed E-state index contributed by atoms with van der Waals surface area (Å²) in [5.41, 5.74) is 0. The van der Waals surface area contributed by atoms with E-state index in [1.54, 1.807) is 0 Å². The lowest BCUT2D eigenvalue weighted by molar-refractivity contribution is 0.127. The van der Waals surface area contributed by atoms with Gasteiger partial charge in [-0.05, 0) is 44.7 Å². The summed E-state index contributed by atoms with van der Waals surface area (Å²) in [4.78, 5) is 5.35. The Balaban J connectivity index is 1.42. The van der Waals surface area contributed by atoms with Crippen molar-refractivity contribution in [1.29, 1.82) is 0 Å². The molecule has 112 valence electrons. The summed E-state index contributed by atoms with van der Waals surface area (Å²) < 4.78 is 0. The highest BCUT2D eigenvalue weighted by atomic mass is 15.3. The molecule has 1 aliphatic heterocycles. The minimum Gasteiger partial charge on any atom is -0.315 e. The van der Waals surface area contributed by atoms with Crippen LogP contribution in [0.25, 0.3) is 0 Å². The maximum atomic E-state index is 3.49. The van der Waals surface area contributed by atoms with Crippen molar-refractivity contribution in [3.05, 3.63) is 0 Å². The molecule has 0 amide bonds. The third-order valence-electron chi connectivity index (χ3n) is 4.38. The van der Waals surface area contributed by atoms with E-state index in [0.717, 1.165) is 5.92 Å². The minimum atomic E-state index is 0.638. The molecular weight excluding hydrogens is 234 g/mol. The van der Waals surface area contributed by atoms with Crippen LogP contribution in [-0.4, -0.2) is 61.7 Å². The molecule has 0 spiro atoms. The van der Waals surface area contributed by atoms with E-state index in [0.29, 0.717) is 6.04 Å². The number of unbranched alkanes of at least 4 members (excludes halogenated alkanes) is 2. The van der Waals surface area contributed by atoms with Crippen molar-refractivity contribution in [3.63, 3.8) is 0 Å². The summed E-state index contributed by atoms with van der Waals surface area (Å²) in [6.07, 6.45) is 7.07. The maximum Gasteiger partial charge on any atom is 0.0110 e. The summed E-state index contributed by atoms with van der Waals surface area (Å²) >= 11 is 0. The molecule has 2 aliphatic rings. The van der Waals surface area contributed by atoms with Crippen LogP contribution in [0, 0.1) is 5.92 Å². The molecule has 1 aliphatic carbocycles. The number of nitrogens with one attached hydrogen (secondary N) is 1. The fourth-order valence-corrected chi connectivity index (χ4v) is 2.89. The molecule has 1 saturated carbocycles. The summed E-state index contributed by atoms with van der Waals surface area (Å²) in [5, 5.41) is 3.49. The largest absolute Gasteiger partial charge is 0.315 e. The van der Waals surface area contributed by atoms with Gasteiger partial charge in [-0.1, -0.05) is 20.3 Å². The molecule has 3 nitrogen and oxygen atoms in total. The Labute approximate surface area is 119 Å². The molecule has 0 aromatic heterocycles. The quantitative estimate of drug-likeness (QED) is 0.646. The first-order valence-corrected chi connectivity index (χ1v) is 8.42. The Kier molecular flexibility index (Phi) is 6.62. The predicted octanol–water partition coefficient (Wildman–Crippen LogP) is 2.18. The lowest BCUT2D eigenvalue weighted by atomic mass is 10.2. The fraction of sp³-hybridized carbons (Fsp3) is 1.00. The van der Waals surface area contributed by atoms with Crippen molar-refractivity contribution in [2.24, 2.45) is 5.92 Å². The van der Waals surface area contributed by atoms with E-state index >= 15 is 0 Å². The van der Waals surface area contributed by atoms with Crippen LogP contribution in [0.2, 0.25) is 0 Å².